The van der Waals surface area contributed by atoms with E-state index in [1.165, 1.54) is 0 Å². The molecule has 4 aromatic heterocycles. The molecule has 0 aliphatic carbocycles. The first kappa shape index (κ1) is 16.5. The lowest BCUT2D eigenvalue weighted by molar-refractivity contribution is 0.0720. The number of carbonyl (C=O) groups is 1. The molecule has 0 aliphatic rings. The van der Waals surface area contributed by atoms with Gasteiger partial charge in [0.05, 0.1) is 17.9 Å². The van der Waals surface area contributed by atoms with Crippen LogP contribution in [0.4, 0.5) is 0 Å². The van der Waals surface area contributed by atoms with E-state index in [2.05, 4.69) is 15.3 Å². The number of fused-ring (bicyclic) bond motifs is 1. The summed E-state index contributed by atoms with van der Waals surface area (Å²) in [5, 5.41) is 4.10. The second-order valence-electron chi connectivity index (χ2n) is 6.09. The maximum Gasteiger partial charge on any atom is 0.273 e. The van der Waals surface area contributed by atoms with Crippen molar-refractivity contribution in [3.63, 3.8) is 0 Å². The standard InChI is InChI=1S/C20H18N4OS/c1-15-19(24-10-5-3-7-18(24)22-15)20(25)23(12-16-8-11-26-14-16)13-17-6-2-4-9-21-17/h2-11,14H,12-13H2,1H3. The Morgan fingerprint density at radius 1 is 1.15 bits per heavy atom. The normalized spacial score (nSPS) is 11.0. The first-order chi connectivity index (χ1) is 12.7. The Labute approximate surface area is 155 Å². The van der Waals surface area contributed by atoms with Crippen molar-refractivity contribution in [2.24, 2.45) is 0 Å². The van der Waals surface area contributed by atoms with Crippen molar-refractivity contribution in [2.45, 2.75) is 20.0 Å². The topological polar surface area (TPSA) is 50.5 Å². The predicted octanol–water partition coefficient (Wildman–Crippen LogP) is 3.94. The largest absolute Gasteiger partial charge is 0.327 e. The Hall–Kier alpha value is -2.99. The molecule has 0 unspecified atom stereocenters. The van der Waals surface area contributed by atoms with Gasteiger partial charge in [0, 0.05) is 18.9 Å². The number of imidazole rings is 1. The second-order valence-corrected chi connectivity index (χ2v) is 6.87. The predicted molar refractivity (Wildman–Crippen MR) is 102 cm³/mol. The van der Waals surface area contributed by atoms with Gasteiger partial charge in [-0.15, -0.1) is 0 Å². The molecular weight excluding hydrogens is 344 g/mol. The molecule has 4 heterocycles. The highest BCUT2D eigenvalue weighted by atomic mass is 32.1. The van der Waals surface area contributed by atoms with Crippen LogP contribution in [-0.4, -0.2) is 25.2 Å². The molecule has 0 saturated carbocycles. The summed E-state index contributed by atoms with van der Waals surface area (Å²) < 4.78 is 1.86. The molecule has 0 saturated heterocycles. The molecule has 0 aliphatic heterocycles. The maximum absolute atomic E-state index is 13.4. The molecular formula is C20H18N4OS. The molecule has 0 atom stereocenters. The van der Waals surface area contributed by atoms with Crippen LogP contribution in [0, 0.1) is 6.92 Å². The third-order valence-corrected chi connectivity index (χ3v) is 4.96. The SMILES string of the molecule is Cc1nc2ccccn2c1C(=O)N(Cc1ccsc1)Cc1ccccn1. The molecule has 26 heavy (non-hydrogen) atoms. The average molecular weight is 362 g/mol. The number of thiophene rings is 1. The van der Waals surface area contributed by atoms with Crippen LogP contribution in [0.25, 0.3) is 5.65 Å². The van der Waals surface area contributed by atoms with Crippen molar-refractivity contribution in [3.8, 4) is 0 Å². The molecule has 0 fully saturated rings. The fraction of sp³-hybridized carbons (Fsp3) is 0.150. The van der Waals surface area contributed by atoms with Crippen LogP contribution in [0.15, 0.2) is 65.6 Å². The van der Waals surface area contributed by atoms with E-state index in [1.54, 1.807) is 17.5 Å². The van der Waals surface area contributed by atoms with Gasteiger partial charge in [0.1, 0.15) is 11.3 Å². The van der Waals surface area contributed by atoms with Crippen molar-refractivity contribution < 1.29 is 4.79 Å². The van der Waals surface area contributed by atoms with Crippen molar-refractivity contribution >= 4 is 22.9 Å². The molecule has 1 amide bonds. The second kappa shape index (κ2) is 7.09. The summed E-state index contributed by atoms with van der Waals surface area (Å²) in [5.41, 5.74) is 4.10. The zero-order chi connectivity index (χ0) is 17.9. The number of amides is 1. The van der Waals surface area contributed by atoms with Crippen molar-refractivity contribution in [2.75, 3.05) is 0 Å². The summed E-state index contributed by atoms with van der Waals surface area (Å²) in [5.74, 6) is -0.0435. The fourth-order valence-corrected chi connectivity index (χ4v) is 3.67. The summed E-state index contributed by atoms with van der Waals surface area (Å²) in [4.78, 5) is 24.1. The first-order valence-electron chi connectivity index (χ1n) is 8.36. The van der Waals surface area contributed by atoms with Crippen LogP contribution in [0.1, 0.15) is 27.4 Å². The molecule has 0 radical (unpaired) electrons. The molecule has 0 aromatic carbocycles. The van der Waals surface area contributed by atoms with Gasteiger partial charge in [-0.1, -0.05) is 12.1 Å². The lowest BCUT2D eigenvalue weighted by Crippen LogP contribution is -2.31. The molecule has 6 heteroatoms. The van der Waals surface area contributed by atoms with E-state index in [0.29, 0.717) is 18.8 Å². The number of aromatic nitrogens is 3. The minimum atomic E-state index is -0.0435. The smallest absolute Gasteiger partial charge is 0.273 e. The number of aryl methyl sites for hydroxylation is 1. The van der Waals surface area contributed by atoms with Gasteiger partial charge in [-0.05, 0) is 53.6 Å². The zero-order valence-corrected chi connectivity index (χ0v) is 15.2. The molecule has 0 N–H and O–H groups in total. The van der Waals surface area contributed by atoms with E-state index in [0.717, 1.165) is 22.6 Å². The van der Waals surface area contributed by atoms with Crippen molar-refractivity contribution in [3.05, 3.63) is 88.3 Å². The fourth-order valence-electron chi connectivity index (χ4n) is 3.01. The molecule has 0 spiro atoms. The highest BCUT2D eigenvalue weighted by Gasteiger charge is 2.23. The quantitative estimate of drug-likeness (QED) is 0.540. The number of hydrogen-bond donors (Lipinski definition) is 0. The van der Waals surface area contributed by atoms with Gasteiger partial charge < -0.3 is 4.90 Å². The van der Waals surface area contributed by atoms with Gasteiger partial charge in [-0.3, -0.25) is 14.2 Å². The summed E-state index contributed by atoms with van der Waals surface area (Å²) in [6, 6.07) is 13.5. The maximum atomic E-state index is 13.4. The van der Waals surface area contributed by atoms with E-state index in [1.807, 2.05) is 70.3 Å². The monoisotopic (exact) mass is 362 g/mol. The molecule has 4 aromatic rings. The Kier molecular flexibility index (Phi) is 4.50. The number of nitrogens with zero attached hydrogens (tertiary/aromatic N) is 4. The minimum Gasteiger partial charge on any atom is -0.327 e. The van der Waals surface area contributed by atoms with Crippen molar-refractivity contribution in [1.29, 1.82) is 0 Å². The highest BCUT2D eigenvalue weighted by Crippen LogP contribution is 2.18. The summed E-state index contributed by atoms with van der Waals surface area (Å²) in [6.07, 6.45) is 3.63. The Bertz CT molecular complexity index is 1020. The van der Waals surface area contributed by atoms with E-state index in [-0.39, 0.29) is 5.91 Å². The summed E-state index contributed by atoms with van der Waals surface area (Å²) in [7, 11) is 0. The number of pyridine rings is 2. The summed E-state index contributed by atoms with van der Waals surface area (Å²) >= 11 is 1.63. The first-order valence-corrected chi connectivity index (χ1v) is 9.30. The Morgan fingerprint density at radius 3 is 2.81 bits per heavy atom. The van der Waals surface area contributed by atoms with Gasteiger partial charge in [-0.2, -0.15) is 11.3 Å². The van der Waals surface area contributed by atoms with E-state index in [4.69, 9.17) is 0 Å². The van der Waals surface area contributed by atoms with Crippen molar-refractivity contribution in [1.82, 2.24) is 19.3 Å². The van der Waals surface area contributed by atoms with Gasteiger partial charge in [0.25, 0.3) is 5.91 Å². The Morgan fingerprint density at radius 2 is 2.04 bits per heavy atom. The third kappa shape index (κ3) is 3.23. The van der Waals surface area contributed by atoms with Crippen LogP contribution in [-0.2, 0) is 13.1 Å². The zero-order valence-electron chi connectivity index (χ0n) is 14.4. The lowest BCUT2D eigenvalue weighted by Gasteiger charge is -2.22. The molecule has 130 valence electrons. The highest BCUT2D eigenvalue weighted by molar-refractivity contribution is 7.07. The summed E-state index contributed by atoms with van der Waals surface area (Å²) in [6.45, 7) is 2.87. The average Bonchev–Trinajstić information content (AvgIpc) is 3.28. The minimum absolute atomic E-state index is 0.0435. The van der Waals surface area contributed by atoms with Crippen LogP contribution < -0.4 is 0 Å². The Balaban J connectivity index is 1.72. The number of rotatable bonds is 5. The van der Waals surface area contributed by atoms with Gasteiger partial charge in [-0.25, -0.2) is 4.98 Å². The number of hydrogen-bond acceptors (Lipinski definition) is 4. The third-order valence-electron chi connectivity index (χ3n) is 4.23. The van der Waals surface area contributed by atoms with E-state index in [9.17, 15) is 4.79 Å². The van der Waals surface area contributed by atoms with Gasteiger partial charge >= 0.3 is 0 Å². The molecule has 4 rings (SSSR count). The van der Waals surface area contributed by atoms with Crippen LogP contribution in [0.5, 0.6) is 0 Å². The van der Waals surface area contributed by atoms with E-state index < -0.39 is 0 Å². The van der Waals surface area contributed by atoms with Crippen LogP contribution in [0.3, 0.4) is 0 Å². The molecule has 5 nitrogen and oxygen atoms in total. The van der Waals surface area contributed by atoms with Gasteiger partial charge in [0.2, 0.25) is 0 Å². The van der Waals surface area contributed by atoms with E-state index >= 15 is 0 Å². The van der Waals surface area contributed by atoms with Crippen LogP contribution in [0.2, 0.25) is 0 Å². The van der Waals surface area contributed by atoms with Crippen LogP contribution >= 0.6 is 11.3 Å². The number of carbonyl (C=O) groups excluding carboxylic acids is 1. The lowest BCUT2D eigenvalue weighted by atomic mass is 10.2. The molecule has 0 bridgehead atoms. The van der Waals surface area contributed by atoms with Gasteiger partial charge in [0.15, 0.2) is 0 Å².